The maximum absolute atomic E-state index is 15.1. The number of pyridine rings is 1. The van der Waals surface area contributed by atoms with E-state index in [1.807, 2.05) is 26.1 Å². The fraction of sp³-hybridized carbons (Fsp3) is 0.571. The lowest BCUT2D eigenvalue weighted by Crippen LogP contribution is -2.55. The van der Waals surface area contributed by atoms with Crippen molar-refractivity contribution in [2.24, 2.45) is 5.92 Å². The van der Waals surface area contributed by atoms with Gasteiger partial charge in [-0.3, -0.25) is 19.2 Å². The van der Waals surface area contributed by atoms with Crippen LogP contribution in [0.15, 0.2) is 42.6 Å². The summed E-state index contributed by atoms with van der Waals surface area (Å²) >= 11 is 0. The molecule has 11 nitrogen and oxygen atoms in total. The fourth-order valence-corrected chi connectivity index (χ4v) is 7.48. The minimum Gasteiger partial charge on any atom is -0.481 e. The summed E-state index contributed by atoms with van der Waals surface area (Å²) in [6.45, 7) is 6.34. The van der Waals surface area contributed by atoms with Crippen LogP contribution in [-0.4, -0.2) is 94.5 Å². The lowest BCUT2D eigenvalue weighted by molar-refractivity contribution is -0.145. The zero-order valence-electron chi connectivity index (χ0n) is 28.8. The number of ether oxygens (including phenoxy) is 1. The highest BCUT2D eigenvalue weighted by atomic mass is 28.2. The third kappa shape index (κ3) is 10.1. The number of carbonyl (C=O) groups is 4. The van der Waals surface area contributed by atoms with Gasteiger partial charge in [-0.2, -0.15) is 8.78 Å². The average molecular weight is 699 g/mol. The van der Waals surface area contributed by atoms with Gasteiger partial charge in [0.2, 0.25) is 23.6 Å². The van der Waals surface area contributed by atoms with Crippen molar-refractivity contribution in [1.29, 1.82) is 0 Å². The van der Waals surface area contributed by atoms with Crippen LogP contribution in [0.25, 0.3) is 0 Å². The number of halogens is 2. The predicted molar refractivity (Wildman–Crippen MR) is 183 cm³/mol. The molecule has 1 aliphatic heterocycles. The van der Waals surface area contributed by atoms with Gasteiger partial charge in [-0.25, -0.2) is 4.98 Å². The number of carbonyl (C=O) groups excluding carboxylic acids is 4. The van der Waals surface area contributed by atoms with Crippen LogP contribution in [0.4, 0.5) is 14.5 Å². The highest BCUT2D eigenvalue weighted by Crippen LogP contribution is 2.34. The van der Waals surface area contributed by atoms with E-state index in [4.69, 9.17) is 4.74 Å². The molecule has 4 rings (SSSR count). The van der Waals surface area contributed by atoms with Crippen molar-refractivity contribution in [2.75, 3.05) is 45.7 Å². The standard InChI is InChI=1S/C35H48F2N6O5Si/c1-5-28(44)40-30(33(46)43-20-18-42(3)19-21-43)23(2)24-12-15-27(16-13-24)39-32(45)31(25-10-8-6-7-9-11-25)49-41-34(47)35(36,37)26-14-17-29(48-4)38-22-26/h12-17,22-23,25,30-31H,5-11,18-21H2,1-4H3,(H,39,45)(H,40,44)(H,41,47)/t23-,30+,31-/m0/s1. The van der Waals surface area contributed by atoms with Crippen LogP contribution < -0.4 is 20.4 Å². The molecule has 0 bridgehead atoms. The van der Waals surface area contributed by atoms with E-state index >= 15 is 8.78 Å². The predicted octanol–water partition coefficient (Wildman–Crippen LogP) is 4.09. The number of methoxy groups -OCH3 is 1. The molecule has 3 N–H and O–H groups in total. The monoisotopic (exact) mass is 698 g/mol. The van der Waals surface area contributed by atoms with Crippen molar-refractivity contribution in [2.45, 2.75) is 82.2 Å². The maximum atomic E-state index is 15.1. The quantitative estimate of drug-likeness (QED) is 0.212. The zero-order chi connectivity index (χ0) is 35.6. The number of likely N-dealkylation sites (N-methyl/N-ethyl adjacent to an activating group) is 1. The summed E-state index contributed by atoms with van der Waals surface area (Å²) in [4.78, 5) is 62.6. The zero-order valence-corrected chi connectivity index (χ0v) is 29.8. The van der Waals surface area contributed by atoms with E-state index in [0.717, 1.165) is 69.4 Å². The SMILES string of the molecule is CCC(=O)N[C@@H](C(=O)N1CCN(C)CC1)[C@@H](C)c1ccc(NC(=O)[C@@H]([Si]NC(=O)C(F)(F)c2ccc(OC)nc2)C2CCCCCC2)cc1. The summed E-state index contributed by atoms with van der Waals surface area (Å²) in [5.74, 6) is -6.27. The minimum atomic E-state index is -3.84. The van der Waals surface area contributed by atoms with Crippen LogP contribution in [0.5, 0.6) is 5.88 Å². The van der Waals surface area contributed by atoms with Gasteiger partial charge in [0.05, 0.1) is 12.7 Å². The van der Waals surface area contributed by atoms with Crippen molar-refractivity contribution in [1.82, 2.24) is 25.1 Å². The van der Waals surface area contributed by atoms with Crippen LogP contribution >= 0.6 is 0 Å². The molecule has 2 fully saturated rings. The molecule has 4 amide bonds. The van der Waals surface area contributed by atoms with E-state index in [-0.39, 0.29) is 41.9 Å². The summed E-state index contributed by atoms with van der Waals surface area (Å²) in [6, 6.07) is 8.72. The molecule has 2 radical (unpaired) electrons. The van der Waals surface area contributed by atoms with Crippen molar-refractivity contribution >= 4 is 39.0 Å². The number of anilines is 1. The van der Waals surface area contributed by atoms with E-state index < -0.39 is 38.7 Å². The molecule has 14 heteroatoms. The first-order valence-electron chi connectivity index (χ1n) is 17.1. The topological polar surface area (TPSA) is 133 Å². The van der Waals surface area contributed by atoms with Crippen LogP contribution in [0.1, 0.15) is 75.8 Å². The number of rotatable bonds is 13. The molecular weight excluding hydrogens is 651 g/mol. The van der Waals surface area contributed by atoms with Crippen molar-refractivity contribution in [3.8, 4) is 5.88 Å². The second-order valence-corrected chi connectivity index (χ2v) is 14.1. The molecule has 1 aliphatic carbocycles. The van der Waals surface area contributed by atoms with Crippen LogP contribution in [-0.2, 0) is 25.1 Å². The van der Waals surface area contributed by atoms with Crippen molar-refractivity contribution < 1.29 is 32.7 Å². The number of nitrogens with one attached hydrogen (secondary N) is 3. The van der Waals surface area contributed by atoms with Crippen molar-refractivity contribution in [3.05, 3.63) is 53.7 Å². The lowest BCUT2D eigenvalue weighted by Gasteiger charge is -2.36. The van der Waals surface area contributed by atoms with Crippen LogP contribution in [0.2, 0.25) is 5.54 Å². The third-order valence-corrected chi connectivity index (χ3v) is 10.9. The number of hydrogen-bond acceptors (Lipinski definition) is 7. The molecular formula is C35H48F2N6O5Si. The second kappa shape index (κ2) is 17.7. The molecule has 2 aromatic rings. The van der Waals surface area contributed by atoms with Crippen molar-refractivity contribution in [3.63, 3.8) is 0 Å². The van der Waals surface area contributed by atoms with Gasteiger partial charge in [-0.1, -0.05) is 51.7 Å². The summed E-state index contributed by atoms with van der Waals surface area (Å²) < 4.78 is 35.1. The Balaban J connectivity index is 1.46. The van der Waals surface area contributed by atoms with E-state index in [2.05, 4.69) is 25.5 Å². The molecule has 1 aromatic carbocycles. The first-order chi connectivity index (χ1) is 23.4. The maximum Gasteiger partial charge on any atom is 0.350 e. The number of aromatic nitrogens is 1. The molecule has 1 saturated carbocycles. The lowest BCUT2D eigenvalue weighted by atomic mass is 9.91. The van der Waals surface area contributed by atoms with E-state index in [9.17, 15) is 19.2 Å². The number of nitrogens with zero attached hydrogens (tertiary/aromatic N) is 3. The van der Waals surface area contributed by atoms with Gasteiger partial charge in [0, 0.05) is 62.0 Å². The van der Waals surface area contributed by atoms with E-state index in [1.54, 1.807) is 24.0 Å². The molecule has 2 aliphatic rings. The Labute approximate surface area is 289 Å². The van der Waals surface area contributed by atoms with E-state index in [0.29, 0.717) is 18.8 Å². The van der Waals surface area contributed by atoms with Gasteiger partial charge >= 0.3 is 5.92 Å². The Hall–Kier alpha value is -3.91. The third-order valence-electron chi connectivity index (χ3n) is 9.51. The average Bonchev–Trinajstić information content (AvgIpc) is 3.40. The summed E-state index contributed by atoms with van der Waals surface area (Å²) in [5, 5.41) is 5.85. The van der Waals surface area contributed by atoms with Gasteiger partial charge in [0.25, 0.3) is 5.91 Å². The number of alkyl halides is 2. The first-order valence-corrected chi connectivity index (χ1v) is 18.1. The summed E-state index contributed by atoms with van der Waals surface area (Å²) in [5.41, 5.74) is 0.0545. The second-order valence-electron chi connectivity index (χ2n) is 12.9. The summed E-state index contributed by atoms with van der Waals surface area (Å²) in [6.07, 6.45) is 6.63. The van der Waals surface area contributed by atoms with Gasteiger partial charge < -0.3 is 30.2 Å². The number of amides is 4. The highest BCUT2D eigenvalue weighted by molar-refractivity contribution is 6.46. The first kappa shape index (κ1) is 37.9. The van der Waals surface area contributed by atoms with Crippen LogP contribution in [0.3, 0.4) is 0 Å². The number of hydrogen-bond donors (Lipinski definition) is 3. The largest absolute Gasteiger partial charge is 0.481 e. The number of piperazine rings is 1. The Bertz CT molecular complexity index is 1410. The van der Waals surface area contributed by atoms with Gasteiger partial charge in [0.15, 0.2) is 9.68 Å². The van der Waals surface area contributed by atoms with Gasteiger partial charge in [0.1, 0.15) is 6.04 Å². The Kier molecular flexibility index (Phi) is 13.7. The molecule has 0 unspecified atom stereocenters. The Morgan fingerprint density at radius 2 is 1.65 bits per heavy atom. The smallest absolute Gasteiger partial charge is 0.350 e. The van der Waals surface area contributed by atoms with Gasteiger partial charge in [-0.15, -0.1) is 0 Å². The normalized spacial score (nSPS) is 18.0. The Morgan fingerprint density at radius 3 is 2.22 bits per heavy atom. The molecule has 1 saturated heterocycles. The molecule has 1 aromatic heterocycles. The molecule has 0 spiro atoms. The number of benzene rings is 1. The fourth-order valence-electron chi connectivity index (χ4n) is 6.26. The molecule has 266 valence electrons. The Morgan fingerprint density at radius 1 is 1.00 bits per heavy atom. The summed E-state index contributed by atoms with van der Waals surface area (Å²) in [7, 11) is 2.82. The minimum absolute atomic E-state index is 0.0692. The highest BCUT2D eigenvalue weighted by Gasteiger charge is 2.42. The molecule has 2 heterocycles. The van der Waals surface area contributed by atoms with Crippen LogP contribution in [0, 0.1) is 5.92 Å². The molecule has 3 atom stereocenters. The van der Waals surface area contributed by atoms with Gasteiger partial charge in [-0.05, 0) is 49.6 Å². The van der Waals surface area contributed by atoms with E-state index in [1.165, 1.54) is 13.2 Å². The molecule has 49 heavy (non-hydrogen) atoms.